The van der Waals surface area contributed by atoms with E-state index in [2.05, 4.69) is 15.5 Å². The van der Waals surface area contributed by atoms with Crippen LogP contribution in [0.1, 0.15) is 29.3 Å². The second-order valence-electron chi connectivity index (χ2n) is 5.96. The topological polar surface area (TPSA) is 98.2 Å². The van der Waals surface area contributed by atoms with Crippen LogP contribution in [0.3, 0.4) is 0 Å². The van der Waals surface area contributed by atoms with Crippen molar-refractivity contribution < 1.29 is 17.9 Å². The summed E-state index contributed by atoms with van der Waals surface area (Å²) in [5, 5.41) is 10.5. The summed E-state index contributed by atoms with van der Waals surface area (Å²) in [4.78, 5) is 11.9. The maximum Gasteiger partial charge on any atom is 0.300 e. The third-order valence-electron chi connectivity index (χ3n) is 3.71. The molecule has 1 aromatic heterocycles. The lowest BCUT2D eigenvalue weighted by molar-refractivity contribution is 0.0953. The van der Waals surface area contributed by atoms with Crippen molar-refractivity contribution in [1.29, 1.82) is 0 Å². The molecule has 0 radical (unpaired) electrons. The van der Waals surface area contributed by atoms with Crippen LogP contribution in [0.5, 0.6) is 10.9 Å². The Morgan fingerprint density at radius 1 is 1.07 bits per heavy atom. The van der Waals surface area contributed by atoms with Crippen LogP contribution in [-0.2, 0) is 15.6 Å². The summed E-state index contributed by atoms with van der Waals surface area (Å²) < 4.78 is 30.6. The zero-order valence-electron chi connectivity index (χ0n) is 15.2. The van der Waals surface area contributed by atoms with E-state index in [0.29, 0.717) is 23.4 Å². The number of sulfone groups is 1. The Morgan fingerprint density at radius 3 is 2.46 bits per heavy atom. The van der Waals surface area contributed by atoms with E-state index in [1.54, 1.807) is 48.5 Å². The molecule has 0 fully saturated rings. The normalized spacial score (nSPS) is 11.2. The second-order valence-corrected chi connectivity index (χ2v) is 9.06. The number of hydrogen-bond donors (Lipinski definition) is 1. The molecule has 0 unspecified atom stereocenters. The van der Waals surface area contributed by atoms with Crippen LogP contribution in [0, 0.1) is 0 Å². The molecular weight excluding hydrogens is 398 g/mol. The van der Waals surface area contributed by atoms with Gasteiger partial charge in [0.1, 0.15) is 5.75 Å². The minimum Gasteiger partial charge on any atom is -0.430 e. The van der Waals surface area contributed by atoms with Gasteiger partial charge in [0.15, 0.2) is 0 Å². The molecule has 146 valence electrons. The van der Waals surface area contributed by atoms with E-state index in [-0.39, 0.29) is 21.2 Å². The van der Waals surface area contributed by atoms with Crippen LogP contribution >= 0.6 is 11.3 Å². The van der Waals surface area contributed by atoms with Crippen molar-refractivity contribution in [2.75, 3.05) is 6.54 Å². The third-order valence-corrected chi connectivity index (χ3v) is 6.65. The molecule has 1 amide bonds. The molecule has 3 rings (SSSR count). The van der Waals surface area contributed by atoms with Crippen molar-refractivity contribution in [2.45, 2.75) is 23.4 Å². The average Bonchev–Trinajstić information content (AvgIpc) is 3.17. The van der Waals surface area contributed by atoms with Crippen molar-refractivity contribution >= 4 is 27.1 Å². The van der Waals surface area contributed by atoms with Gasteiger partial charge in [-0.1, -0.05) is 42.4 Å². The van der Waals surface area contributed by atoms with Gasteiger partial charge in [-0.25, -0.2) is 8.42 Å². The van der Waals surface area contributed by atoms with Gasteiger partial charge in [-0.3, -0.25) is 4.79 Å². The molecular formula is C19H19N3O4S2. The molecule has 0 aliphatic rings. The van der Waals surface area contributed by atoms with Gasteiger partial charge >= 0.3 is 5.19 Å². The number of benzene rings is 2. The summed E-state index contributed by atoms with van der Waals surface area (Å²) in [5.74, 6) is 0.145. The standard InChI is InChI=1S/C19H19N3O4S2/c1-2-12-20-17(23)15-10-8-14(9-11-15)13-28(24,25)19-22-21-18(27-19)26-16-6-4-3-5-7-16/h3-11H,2,12-13H2,1H3,(H,20,23). The fourth-order valence-electron chi connectivity index (χ4n) is 2.33. The number of nitrogens with zero attached hydrogens (tertiary/aromatic N) is 2. The first kappa shape index (κ1) is 20.0. The number of carbonyl (C=O) groups is 1. The van der Waals surface area contributed by atoms with Crippen molar-refractivity contribution in [3.8, 4) is 10.9 Å². The van der Waals surface area contributed by atoms with Gasteiger partial charge in [0.2, 0.25) is 14.2 Å². The van der Waals surface area contributed by atoms with Gasteiger partial charge in [0, 0.05) is 12.1 Å². The van der Waals surface area contributed by atoms with Gasteiger partial charge in [-0.15, -0.1) is 5.10 Å². The first-order chi connectivity index (χ1) is 13.5. The monoisotopic (exact) mass is 417 g/mol. The second kappa shape index (κ2) is 8.94. The summed E-state index contributed by atoms with van der Waals surface area (Å²) in [5.41, 5.74) is 1.05. The molecule has 3 aromatic rings. The summed E-state index contributed by atoms with van der Waals surface area (Å²) in [6, 6.07) is 15.4. The largest absolute Gasteiger partial charge is 0.430 e. The number of carbonyl (C=O) groups excluding carboxylic acids is 1. The Kier molecular flexibility index (Phi) is 6.37. The molecule has 28 heavy (non-hydrogen) atoms. The van der Waals surface area contributed by atoms with Crippen molar-refractivity contribution in [1.82, 2.24) is 15.5 Å². The quantitative estimate of drug-likeness (QED) is 0.603. The Bertz CT molecular complexity index is 1030. The first-order valence-electron chi connectivity index (χ1n) is 8.64. The highest BCUT2D eigenvalue weighted by Crippen LogP contribution is 2.28. The smallest absolute Gasteiger partial charge is 0.300 e. The predicted octanol–water partition coefficient (Wildman–Crippen LogP) is 3.44. The fourth-order valence-corrected chi connectivity index (χ4v) is 4.60. The SMILES string of the molecule is CCCNC(=O)c1ccc(CS(=O)(=O)c2nnc(Oc3ccccc3)s2)cc1. The van der Waals surface area contributed by atoms with E-state index in [4.69, 9.17) is 4.74 Å². The molecule has 0 aliphatic carbocycles. The fraction of sp³-hybridized carbons (Fsp3) is 0.211. The van der Waals surface area contributed by atoms with E-state index in [1.807, 2.05) is 13.0 Å². The van der Waals surface area contributed by atoms with Gasteiger partial charge in [0.25, 0.3) is 5.91 Å². The maximum atomic E-state index is 12.6. The summed E-state index contributed by atoms with van der Waals surface area (Å²) in [6.45, 7) is 2.57. The lowest BCUT2D eigenvalue weighted by Crippen LogP contribution is -2.23. The minimum absolute atomic E-state index is 0.108. The maximum absolute atomic E-state index is 12.6. The number of para-hydroxylation sites is 1. The molecule has 2 aromatic carbocycles. The average molecular weight is 418 g/mol. The third kappa shape index (κ3) is 5.14. The minimum atomic E-state index is -3.67. The van der Waals surface area contributed by atoms with Crippen LogP contribution in [0.4, 0.5) is 0 Å². The van der Waals surface area contributed by atoms with E-state index in [0.717, 1.165) is 17.8 Å². The van der Waals surface area contributed by atoms with E-state index in [9.17, 15) is 13.2 Å². The van der Waals surface area contributed by atoms with E-state index >= 15 is 0 Å². The lowest BCUT2D eigenvalue weighted by Gasteiger charge is -2.05. The molecule has 0 atom stereocenters. The van der Waals surface area contributed by atoms with Gasteiger partial charge in [-0.05, 0) is 47.6 Å². The molecule has 0 spiro atoms. The molecule has 0 bridgehead atoms. The summed E-state index contributed by atoms with van der Waals surface area (Å²) in [6.07, 6.45) is 0.847. The van der Waals surface area contributed by atoms with Crippen molar-refractivity contribution in [3.63, 3.8) is 0 Å². The Balaban J connectivity index is 1.67. The predicted molar refractivity (Wildman–Crippen MR) is 106 cm³/mol. The summed E-state index contributed by atoms with van der Waals surface area (Å²) in [7, 11) is -3.67. The van der Waals surface area contributed by atoms with Gasteiger partial charge in [-0.2, -0.15) is 0 Å². The van der Waals surface area contributed by atoms with Crippen molar-refractivity contribution in [2.24, 2.45) is 0 Å². The highest BCUT2D eigenvalue weighted by Gasteiger charge is 2.22. The molecule has 7 nitrogen and oxygen atoms in total. The molecule has 1 N–H and O–H groups in total. The molecule has 1 heterocycles. The molecule has 9 heteroatoms. The van der Waals surface area contributed by atoms with Crippen LogP contribution in [0.2, 0.25) is 0 Å². The number of aromatic nitrogens is 2. The number of ether oxygens (including phenoxy) is 1. The van der Waals surface area contributed by atoms with Crippen molar-refractivity contribution in [3.05, 3.63) is 65.7 Å². The Hall–Kier alpha value is -2.78. The van der Waals surface area contributed by atoms with Crippen LogP contribution < -0.4 is 10.1 Å². The van der Waals surface area contributed by atoms with Gasteiger partial charge < -0.3 is 10.1 Å². The molecule has 0 aliphatic heterocycles. The zero-order chi connectivity index (χ0) is 20.0. The first-order valence-corrected chi connectivity index (χ1v) is 11.1. The highest BCUT2D eigenvalue weighted by molar-refractivity contribution is 7.92. The lowest BCUT2D eigenvalue weighted by atomic mass is 10.1. The number of nitrogens with one attached hydrogen (secondary N) is 1. The van der Waals surface area contributed by atoms with E-state index < -0.39 is 9.84 Å². The number of hydrogen-bond acceptors (Lipinski definition) is 7. The Morgan fingerprint density at radius 2 is 1.79 bits per heavy atom. The molecule has 0 saturated heterocycles. The summed E-state index contributed by atoms with van der Waals surface area (Å²) >= 11 is 0.875. The van der Waals surface area contributed by atoms with Crippen LogP contribution in [0.15, 0.2) is 58.9 Å². The van der Waals surface area contributed by atoms with Crippen LogP contribution in [-0.4, -0.2) is 31.1 Å². The zero-order valence-corrected chi connectivity index (χ0v) is 16.8. The molecule has 0 saturated carbocycles. The number of amides is 1. The highest BCUT2D eigenvalue weighted by atomic mass is 32.2. The van der Waals surface area contributed by atoms with Crippen LogP contribution in [0.25, 0.3) is 0 Å². The van der Waals surface area contributed by atoms with E-state index in [1.165, 1.54) is 0 Å². The number of rotatable bonds is 8. The Labute approximate surface area is 167 Å². The van der Waals surface area contributed by atoms with Gasteiger partial charge in [0.05, 0.1) is 5.75 Å².